The molecule has 1 aromatic carbocycles. The molecule has 0 saturated heterocycles. The van der Waals surface area contributed by atoms with Crippen LogP contribution in [0.25, 0.3) is 0 Å². The molecule has 0 fully saturated rings. The van der Waals surface area contributed by atoms with Gasteiger partial charge in [-0.15, -0.1) is 0 Å². The highest BCUT2D eigenvalue weighted by atomic mass is 19.4. The van der Waals surface area contributed by atoms with E-state index in [2.05, 4.69) is 5.32 Å². The number of carbonyl (C=O) groups is 1. The van der Waals surface area contributed by atoms with Crippen LogP contribution in [-0.2, 0) is 6.18 Å². The Hall–Kier alpha value is -1.56. The van der Waals surface area contributed by atoms with Crippen molar-refractivity contribution in [1.29, 1.82) is 0 Å². The predicted molar refractivity (Wildman–Crippen MR) is 64.7 cm³/mol. The van der Waals surface area contributed by atoms with Gasteiger partial charge >= 0.3 is 6.18 Å². The molecule has 0 aliphatic rings. The second-order valence-electron chi connectivity index (χ2n) is 4.61. The van der Waals surface area contributed by atoms with Crippen LogP contribution < -0.4 is 5.32 Å². The van der Waals surface area contributed by atoms with Crippen LogP contribution in [0.15, 0.2) is 24.3 Å². The van der Waals surface area contributed by atoms with Crippen molar-refractivity contribution in [3.63, 3.8) is 0 Å². The van der Waals surface area contributed by atoms with E-state index in [0.717, 1.165) is 12.1 Å². The minimum Gasteiger partial charge on any atom is -0.388 e. The highest BCUT2D eigenvalue weighted by Gasteiger charge is 2.31. The Labute approximate surface area is 109 Å². The van der Waals surface area contributed by atoms with Crippen molar-refractivity contribution >= 4 is 5.91 Å². The standard InChI is InChI=1S/C13H16F3NO2/c1-3-12(2,19)8-17-11(18)9-5-4-6-10(7-9)13(14,15)16/h4-7,19H,3,8H2,1-2H3,(H,17,18). The Morgan fingerprint density at radius 1 is 1.37 bits per heavy atom. The second-order valence-corrected chi connectivity index (χ2v) is 4.61. The molecule has 1 aromatic rings. The molecule has 19 heavy (non-hydrogen) atoms. The third-order valence-electron chi connectivity index (χ3n) is 2.84. The van der Waals surface area contributed by atoms with Gasteiger partial charge in [0.2, 0.25) is 0 Å². The number of alkyl halides is 3. The molecule has 106 valence electrons. The molecule has 6 heteroatoms. The van der Waals surface area contributed by atoms with Crippen molar-refractivity contribution in [3.8, 4) is 0 Å². The van der Waals surface area contributed by atoms with Gasteiger partial charge in [-0.1, -0.05) is 13.0 Å². The zero-order chi connectivity index (χ0) is 14.7. The predicted octanol–water partition coefficient (Wildman–Crippen LogP) is 2.60. The smallest absolute Gasteiger partial charge is 0.388 e. The SMILES string of the molecule is CCC(C)(O)CNC(=O)c1cccc(C(F)(F)F)c1. The molecule has 0 heterocycles. The van der Waals surface area contributed by atoms with Crippen LogP contribution in [0.2, 0.25) is 0 Å². The first-order valence-corrected chi connectivity index (χ1v) is 5.83. The van der Waals surface area contributed by atoms with Gasteiger partial charge in [-0.25, -0.2) is 0 Å². The summed E-state index contributed by atoms with van der Waals surface area (Å²) in [6.07, 6.45) is -4.05. The Kier molecular flexibility index (Phi) is 4.57. The molecule has 1 atom stereocenters. The summed E-state index contributed by atoms with van der Waals surface area (Å²) < 4.78 is 37.5. The Bertz CT molecular complexity index is 455. The minimum atomic E-state index is -4.48. The summed E-state index contributed by atoms with van der Waals surface area (Å²) in [6, 6.07) is 4.16. The van der Waals surface area contributed by atoms with E-state index >= 15 is 0 Å². The number of hydrogen-bond donors (Lipinski definition) is 2. The zero-order valence-corrected chi connectivity index (χ0v) is 10.7. The first-order chi connectivity index (χ1) is 8.65. The van der Waals surface area contributed by atoms with Crippen LogP contribution >= 0.6 is 0 Å². The summed E-state index contributed by atoms with van der Waals surface area (Å²) in [4.78, 5) is 11.7. The van der Waals surface area contributed by atoms with Crippen LogP contribution in [0.1, 0.15) is 36.2 Å². The van der Waals surface area contributed by atoms with E-state index < -0.39 is 23.2 Å². The van der Waals surface area contributed by atoms with Gasteiger partial charge in [0.15, 0.2) is 0 Å². The van der Waals surface area contributed by atoms with Crippen molar-refractivity contribution in [2.45, 2.75) is 32.0 Å². The van der Waals surface area contributed by atoms with Crippen LogP contribution in [0.5, 0.6) is 0 Å². The van der Waals surface area contributed by atoms with Crippen LogP contribution in [0.4, 0.5) is 13.2 Å². The van der Waals surface area contributed by atoms with E-state index in [4.69, 9.17) is 0 Å². The lowest BCUT2D eigenvalue weighted by Gasteiger charge is -2.21. The molecule has 3 nitrogen and oxygen atoms in total. The lowest BCUT2D eigenvalue weighted by atomic mass is 10.0. The molecule has 2 N–H and O–H groups in total. The first kappa shape index (κ1) is 15.5. The van der Waals surface area contributed by atoms with Crippen molar-refractivity contribution in [1.82, 2.24) is 5.32 Å². The second kappa shape index (κ2) is 5.61. The largest absolute Gasteiger partial charge is 0.416 e. The highest BCUT2D eigenvalue weighted by molar-refractivity contribution is 5.94. The molecule has 1 amide bonds. The molecule has 1 rings (SSSR count). The minimum absolute atomic E-state index is 0.0153. The van der Waals surface area contributed by atoms with Gasteiger partial charge in [0, 0.05) is 12.1 Å². The lowest BCUT2D eigenvalue weighted by molar-refractivity contribution is -0.137. The quantitative estimate of drug-likeness (QED) is 0.887. The molecule has 0 saturated carbocycles. The molecule has 0 bridgehead atoms. The van der Waals surface area contributed by atoms with Crippen LogP contribution in [0.3, 0.4) is 0 Å². The topological polar surface area (TPSA) is 49.3 Å². The van der Waals surface area contributed by atoms with Gasteiger partial charge < -0.3 is 10.4 Å². The monoisotopic (exact) mass is 275 g/mol. The van der Waals surface area contributed by atoms with E-state index in [9.17, 15) is 23.1 Å². The van der Waals surface area contributed by atoms with Crippen LogP contribution in [-0.4, -0.2) is 23.2 Å². The molecular formula is C13H16F3NO2. The molecule has 0 aromatic heterocycles. The molecule has 0 aliphatic carbocycles. The average molecular weight is 275 g/mol. The third-order valence-corrected chi connectivity index (χ3v) is 2.84. The van der Waals surface area contributed by atoms with E-state index in [1.807, 2.05) is 0 Å². The number of rotatable bonds is 4. The number of nitrogens with one attached hydrogen (secondary N) is 1. The van der Waals surface area contributed by atoms with E-state index in [0.29, 0.717) is 6.42 Å². The summed E-state index contributed by atoms with van der Waals surface area (Å²) in [6.45, 7) is 3.27. The van der Waals surface area contributed by atoms with E-state index in [-0.39, 0.29) is 12.1 Å². The van der Waals surface area contributed by atoms with E-state index in [1.54, 1.807) is 13.8 Å². The third kappa shape index (κ3) is 4.55. The Balaban J connectivity index is 2.78. The average Bonchev–Trinajstić information content (AvgIpc) is 2.35. The van der Waals surface area contributed by atoms with Gasteiger partial charge in [-0.05, 0) is 31.5 Å². The maximum Gasteiger partial charge on any atom is 0.416 e. The zero-order valence-electron chi connectivity index (χ0n) is 10.7. The van der Waals surface area contributed by atoms with E-state index in [1.165, 1.54) is 12.1 Å². The van der Waals surface area contributed by atoms with Crippen molar-refractivity contribution < 1.29 is 23.1 Å². The summed E-state index contributed by atoms with van der Waals surface area (Å²) in [5.74, 6) is -0.639. The van der Waals surface area contributed by atoms with Crippen LogP contribution in [0, 0.1) is 0 Å². The van der Waals surface area contributed by atoms with Gasteiger partial charge in [-0.2, -0.15) is 13.2 Å². The van der Waals surface area contributed by atoms with Gasteiger partial charge in [-0.3, -0.25) is 4.79 Å². The fourth-order valence-corrected chi connectivity index (χ4v) is 1.33. The number of benzene rings is 1. The number of aliphatic hydroxyl groups is 1. The fraction of sp³-hybridized carbons (Fsp3) is 0.462. The number of carbonyl (C=O) groups excluding carboxylic acids is 1. The molecule has 0 aliphatic heterocycles. The van der Waals surface area contributed by atoms with Gasteiger partial charge in [0.1, 0.15) is 0 Å². The maximum absolute atomic E-state index is 12.5. The lowest BCUT2D eigenvalue weighted by Crippen LogP contribution is -2.40. The normalized spacial score (nSPS) is 14.8. The van der Waals surface area contributed by atoms with Gasteiger partial charge in [0.05, 0.1) is 11.2 Å². The Morgan fingerprint density at radius 2 is 2.00 bits per heavy atom. The summed E-state index contributed by atoms with van der Waals surface area (Å²) in [5, 5.41) is 12.1. The Morgan fingerprint density at radius 3 is 2.53 bits per heavy atom. The first-order valence-electron chi connectivity index (χ1n) is 5.83. The maximum atomic E-state index is 12.5. The summed E-state index contributed by atoms with van der Waals surface area (Å²) in [5.41, 5.74) is -2.03. The fourth-order valence-electron chi connectivity index (χ4n) is 1.33. The van der Waals surface area contributed by atoms with Crippen molar-refractivity contribution in [2.75, 3.05) is 6.54 Å². The molecule has 1 unspecified atom stereocenters. The number of hydrogen-bond acceptors (Lipinski definition) is 2. The van der Waals surface area contributed by atoms with Gasteiger partial charge in [0.25, 0.3) is 5.91 Å². The van der Waals surface area contributed by atoms with Crippen molar-refractivity contribution in [3.05, 3.63) is 35.4 Å². The summed E-state index contributed by atoms with van der Waals surface area (Å²) in [7, 11) is 0. The summed E-state index contributed by atoms with van der Waals surface area (Å²) >= 11 is 0. The molecule has 0 spiro atoms. The van der Waals surface area contributed by atoms with Crippen molar-refractivity contribution in [2.24, 2.45) is 0 Å². The number of amides is 1. The molecule has 0 radical (unpaired) electrons. The number of halogens is 3. The highest BCUT2D eigenvalue weighted by Crippen LogP contribution is 2.29. The molecular weight excluding hydrogens is 259 g/mol.